The fourth-order valence-electron chi connectivity index (χ4n) is 2.77. The minimum atomic E-state index is 0.372. The Hall–Kier alpha value is -1.89. The number of unbranched alkanes of at least 4 members (excludes halogenated alkanes) is 3. The van der Waals surface area contributed by atoms with Crippen molar-refractivity contribution in [2.24, 2.45) is 0 Å². The van der Waals surface area contributed by atoms with E-state index in [0.29, 0.717) is 12.2 Å². The van der Waals surface area contributed by atoms with Crippen molar-refractivity contribution in [1.29, 1.82) is 0 Å². The average Bonchev–Trinajstić information content (AvgIpc) is 2.54. The Kier molecular flexibility index (Phi) is 6.89. The second-order valence-corrected chi connectivity index (χ2v) is 5.96. The van der Waals surface area contributed by atoms with Crippen molar-refractivity contribution >= 4 is 5.78 Å². The van der Waals surface area contributed by atoms with Crippen molar-refractivity contribution in [3.05, 3.63) is 71.3 Å². The van der Waals surface area contributed by atoms with Crippen LogP contribution in [0.5, 0.6) is 0 Å². The molecule has 22 heavy (non-hydrogen) atoms. The van der Waals surface area contributed by atoms with E-state index in [-0.39, 0.29) is 0 Å². The van der Waals surface area contributed by atoms with Crippen LogP contribution in [0.1, 0.15) is 55.7 Å². The highest BCUT2D eigenvalue weighted by Gasteiger charge is 2.08. The molecule has 0 aliphatic heterocycles. The van der Waals surface area contributed by atoms with Crippen LogP contribution >= 0.6 is 0 Å². The van der Waals surface area contributed by atoms with Gasteiger partial charge in [-0.3, -0.25) is 4.79 Å². The molecule has 0 bridgehead atoms. The second kappa shape index (κ2) is 9.19. The summed E-state index contributed by atoms with van der Waals surface area (Å²) in [7, 11) is 0. The summed E-state index contributed by atoms with van der Waals surface area (Å²) >= 11 is 0. The molecule has 0 aromatic heterocycles. The largest absolute Gasteiger partial charge is 0.299 e. The third kappa shape index (κ3) is 5.48. The molecule has 2 aromatic carbocycles. The lowest BCUT2D eigenvalue weighted by Gasteiger charge is -2.09. The third-order valence-electron chi connectivity index (χ3n) is 4.05. The predicted octanol–water partition coefficient (Wildman–Crippen LogP) is 5.36. The van der Waals surface area contributed by atoms with Crippen molar-refractivity contribution in [3.8, 4) is 0 Å². The van der Waals surface area contributed by atoms with Crippen LogP contribution < -0.4 is 0 Å². The number of carbonyl (C=O) groups is 1. The molecule has 2 aromatic rings. The Morgan fingerprint density at radius 1 is 0.818 bits per heavy atom. The number of benzene rings is 2. The van der Waals surface area contributed by atoms with Gasteiger partial charge in [-0.25, -0.2) is 0 Å². The van der Waals surface area contributed by atoms with Crippen LogP contribution in [-0.2, 0) is 17.6 Å². The molecule has 2 rings (SSSR count). The molecule has 0 atom stereocenters. The van der Waals surface area contributed by atoms with Crippen LogP contribution in [0.25, 0.3) is 0 Å². The van der Waals surface area contributed by atoms with Crippen molar-refractivity contribution in [2.45, 2.75) is 51.9 Å². The predicted molar refractivity (Wildman–Crippen MR) is 93.2 cm³/mol. The van der Waals surface area contributed by atoms with Gasteiger partial charge < -0.3 is 0 Å². The molecule has 116 valence electrons. The fourth-order valence-corrected chi connectivity index (χ4v) is 2.77. The topological polar surface area (TPSA) is 17.1 Å². The lowest BCUT2D eigenvalue weighted by molar-refractivity contribution is -0.118. The molecule has 0 saturated carbocycles. The minimum Gasteiger partial charge on any atom is -0.299 e. The van der Waals surface area contributed by atoms with E-state index in [1.165, 1.54) is 36.0 Å². The van der Waals surface area contributed by atoms with E-state index in [0.717, 1.165) is 19.3 Å². The quantitative estimate of drug-likeness (QED) is 0.569. The van der Waals surface area contributed by atoms with E-state index in [1.807, 2.05) is 12.1 Å². The number of carbonyl (C=O) groups excluding carboxylic acids is 1. The van der Waals surface area contributed by atoms with E-state index in [4.69, 9.17) is 0 Å². The minimum absolute atomic E-state index is 0.372. The number of Topliss-reactive ketones (excluding diaryl/α,β-unsaturated/α-hetero) is 1. The van der Waals surface area contributed by atoms with Gasteiger partial charge in [0.25, 0.3) is 0 Å². The summed E-state index contributed by atoms with van der Waals surface area (Å²) in [6, 6.07) is 18.8. The zero-order valence-corrected chi connectivity index (χ0v) is 13.6. The standard InChI is InChI=1S/C21H26O/c1-2-3-4-8-15-21(22)17-20-14-10-9-13-19(20)16-18-11-6-5-7-12-18/h5-7,9-14H,2-4,8,15-17H2,1H3. The van der Waals surface area contributed by atoms with Gasteiger partial charge in [-0.2, -0.15) is 0 Å². The Balaban J connectivity index is 1.95. The summed E-state index contributed by atoms with van der Waals surface area (Å²) in [5.41, 5.74) is 3.76. The first-order valence-corrected chi connectivity index (χ1v) is 8.42. The molecule has 0 saturated heterocycles. The molecule has 1 nitrogen and oxygen atoms in total. The maximum absolute atomic E-state index is 12.2. The molecule has 0 N–H and O–H groups in total. The number of hydrogen-bond acceptors (Lipinski definition) is 1. The highest BCUT2D eigenvalue weighted by molar-refractivity contribution is 5.81. The Bertz CT molecular complexity index is 571. The lowest BCUT2D eigenvalue weighted by Crippen LogP contribution is -2.05. The first-order valence-electron chi connectivity index (χ1n) is 8.42. The molecule has 0 amide bonds. The van der Waals surface area contributed by atoms with Crippen LogP contribution in [0.2, 0.25) is 0 Å². The highest BCUT2D eigenvalue weighted by atomic mass is 16.1. The first kappa shape index (κ1) is 16.5. The Morgan fingerprint density at radius 3 is 2.23 bits per heavy atom. The first-order chi connectivity index (χ1) is 10.8. The van der Waals surface area contributed by atoms with Gasteiger partial charge in [-0.15, -0.1) is 0 Å². The molecular formula is C21H26O. The highest BCUT2D eigenvalue weighted by Crippen LogP contribution is 2.16. The SMILES string of the molecule is CCCCCCC(=O)Cc1ccccc1Cc1ccccc1. The molecule has 0 aliphatic carbocycles. The number of ketones is 1. The Labute approximate surface area is 134 Å². The van der Waals surface area contributed by atoms with Gasteiger partial charge in [0.05, 0.1) is 0 Å². The number of rotatable bonds is 9. The van der Waals surface area contributed by atoms with Gasteiger partial charge >= 0.3 is 0 Å². The maximum Gasteiger partial charge on any atom is 0.137 e. The lowest BCUT2D eigenvalue weighted by atomic mass is 9.95. The van der Waals surface area contributed by atoms with Crippen LogP contribution in [0.4, 0.5) is 0 Å². The van der Waals surface area contributed by atoms with Crippen molar-refractivity contribution in [2.75, 3.05) is 0 Å². The summed E-state index contributed by atoms with van der Waals surface area (Å²) in [6.45, 7) is 2.20. The number of hydrogen-bond donors (Lipinski definition) is 0. The van der Waals surface area contributed by atoms with Crippen molar-refractivity contribution in [1.82, 2.24) is 0 Å². The van der Waals surface area contributed by atoms with E-state index in [2.05, 4.69) is 49.4 Å². The summed E-state index contributed by atoms with van der Waals surface area (Å²) in [5.74, 6) is 0.372. The van der Waals surface area contributed by atoms with Gasteiger partial charge in [0, 0.05) is 12.8 Å². The van der Waals surface area contributed by atoms with Gasteiger partial charge in [0.1, 0.15) is 5.78 Å². The third-order valence-corrected chi connectivity index (χ3v) is 4.05. The van der Waals surface area contributed by atoms with E-state index >= 15 is 0 Å². The Morgan fingerprint density at radius 2 is 1.50 bits per heavy atom. The van der Waals surface area contributed by atoms with Crippen LogP contribution in [-0.4, -0.2) is 5.78 Å². The smallest absolute Gasteiger partial charge is 0.137 e. The van der Waals surface area contributed by atoms with Crippen LogP contribution in [0.3, 0.4) is 0 Å². The molecule has 0 aliphatic rings. The molecule has 1 heteroatoms. The summed E-state index contributed by atoms with van der Waals surface area (Å²) in [6.07, 6.45) is 6.86. The zero-order chi connectivity index (χ0) is 15.6. The zero-order valence-electron chi connectivity index (χ0n) is 13.6. The van der Waals surface area contributed by atoms with Crippen LogP contribution in [0, 0.1) is 0 Å². The molecule has 0 fully saturated rings. The molecule has 0 heterocycles. The van der Waals surface area contributed by atoms with Gasteiger partial charge in [-0.05, 0) is 29.5 Å². The summed E-state index contributed by atoms with van der Waals surface area (Å²) in [5, 5.41) is 0. The molecule has 0 radical (unpaired) electrons. The monoisotopic (exact) mass is 294 g/mol. The summed E-state index contributed by atoms with van der Waals surface area (Å²) < 4.78 is 0. The van der Waals surface area contributed by atoms with Gasteiger partial charge in [0.2, 0.25) is 0 Å². The normalized spacial score (nSPS) is 10.6. The maximum atomic E-state index is 12.2. The molecular weight excluding hydrogens is 268 g/mol. The van der Waals surface area contributed by atoms with Crippen molar-refractivity contribution in [3.63, 3.8) is 0 Å². The second-order valence-electron chi connectivity index (χ2n) is 5.96. The van der Waals surface area contributed by atoms with Gasteiger partial charge in [-0.1, -0.05) is 80.8 Å². The molecule has 0 spiro atoms. The fraction of sp³-hybridized carbons (Fsp3) is 0.381. The van der Waals surface area contributed by atoms with Crippen LogP contribution in [0.15, 0.2) is 54.6 Å². The summed E-state index contributed by atoms with van der Waals surface area (Å²) in [4.78, 5) is 12.2. The van der Waals surface area contributed by atoms with Gasteiger partial charge in [0.15, 0.2) is 0 Å². The van der Waals surface area contributed by atoms with E-state index < -0.39 is 0 Å². The van der Waals surface area contributed by atoms with E-state index in [1.54, 1.807) is 0 Å². The van der Waals surface area contributed by atoms with Crippen molar-refractivity contribution < 1.29 is 4.79 Å². The average molecular weight is 294 g/mol. The molecule has 0 unspecified atom stereocenters. The van der Waals surface area contributed by atoms with E-state index in [9.17, 15) is 4.79 Å².